The van der Waals surface area contributed by atoms with E-state index in [4.69, 9.17) is 5.73 Å². The number of rotatable bonds is 5. The zero-order valence-corrected chi connectivity index (χ0v) is 13.9. The molecule has 24 heavy (non-hydrogen) atoms. The molecule has 0 saturated heterocycles. The van der Waals surface area contributed by atoms with E-state index in [2.05, 4.69) is 23.9 Å². The number of fused-ring (bicyclic) bond motifs is 1. The van der Waals surface area contributed by atoms with Crippen LogP contribution in [0.25, 0.3) is 10.9 Å². The summed E-state index contributed by atoms with van der Waals surface area (Å²) >= 11 is 0. The van der Waals surface area contributed by atoms with Crippen LogP contribution < -0.4 is 10.6 Å². The molecule has 124 valence electrons. The lowest BCUT2D eigenvalue weighted by Crippen LogP contribution is -2.35. The van der Waals surface area contributed by atoms with Gasteiger partial charge in [0, 0.05) is 30.0 Å². The summed E-state index contributed by atoms with van der Waals surface area (Å²) in [5.41, 5.74) is 8.37. The van der Waals surface area contributed by atoms with Crippen LogP contribution in [0.4, 0.5) is 10.5 Å². The molecular weight excluding hydrogens is 302 g/mol. The quantitative estimate of drug-likeness (QED) is 0.783. The highest BCUT2D eigenvalue weighted by atomic mass is 16.2. The van der Waals surface area contributed by atoms with Crippen LogP contribution in [0, 0.1) is 5.92 Å². The molecule has 3 rings (SSSR count). The predicted octanol–water partition coefficient (Wildman–Crippen LogP) is 3.17. The van der Waals surface area contributed by atoms with E-state index in [0.29, 0.717) is 12.5 Å². The number of hydrogen-bond acceptors (Lipinski definition) is 3. The van der Waals surface area contributed by atoms with Crippen molar-refractivity contribution in [2.24, 2.45) is 11.7 Å². The maximum Gasteiger partial charge on any atom is 0.319 e. The number of nitrogens with zero attached hydrogens (tertiary/aromatic N) is 4. The monoisotopic (exact) mass is 323 g/mol. The molecule has 1 aromatic carbocycles. The van der Waals surface area contributed by atoms with Gasteiger partial charge in [0.2, 0.25) is 0 Å². The van der Waals surface area contributed by atoms with Crippen molar-refractivity contribution in [3.8, 4) is 0 Å². The Hall–Kier alpha value is -2.89. The van der Waals surface area contributed by atoms with E-state index >= 15 is 0 Å². The first-order chi connectivity index (χ1) is 11.5. The zero-order chi connectivity index (χ0) is 17.1. The number of primary amides is 1. The topological polar surface area (TPSA) is 77.0 Å². The van der Waals surface area contributed by atoms with Crippen LogP contribution in [0.15, 0.2) is 48.9 Å². The summed E-state index contributed by atoms with van der Waals surface area (Å²) in [5.74, 6) is 0.515. The molecule has 0 fully saturated rings. The molecule has 0 saturated carbocycles. The van der Waals surface area contributed by atoms with E-state index in [1.807, 2.05) is 41.2 Å². The van der Waals surface area contributed by atoms with Gasteiger partial charge in [-0.05, 0) is 41.8 Å². The number of nitrogens with two attached hydrogens (primary N) is 1. The van der Waals surface area contributed by atoms with Gasteiger partial charge in [0.1, 0.15) is 0 Å². The summed E-state index contributed by atoms with van der Waals surface area (Å²) < 4.78 is 1.99. The van der Waals surface area contributed by atoms with E-state index in [1.54, 1.807) is 17.3 Å². The molecule has 0 bridgehead atoms. The fraction of sp³-hybridized carbons (Fsp3) is 0.278. The van der Waals surface area contributed by atoms with Crippen LogP contribution >= 0.6 is 0 Å². The number of anilines is 1. The standard InChI is InChI=1S/C18H21N5O/c1-13(2)11-23-17-4-3-16(9-15(17)10-21-23)22(18(19)24)12-14-5-7-20-8-6-14/h3-10,13H,11-12H2,1-2H3,(H2,19,24). The van der Waals surface area contributed by atoms with Crippen LogP contribution in [-0.2, 0) is 13.1 Å². The molecule has 0 aliphatic heterocycles. The molecule has 0 aliphatic rings. The van der Waals surface area contributed by atoms with Gasteiger partial charge in [0.15, 0.2) is 0 Å². The minimum Gasteiger partial charge on any atom is -0.351 e. The lowest BCUT2D eigenvalue weighted by Gasteiger charge is -2.20. The molecule has 6 nitrogen and oxygen atoms in total. The zero-order valence-electron chi connectivity index (χ0n) is 13.9. The van der Waals surface area contributed by atoms with Crippen molar-refractivity contribution in [3.63, 3.8) is 0 Å². The number of benzene rings is 1. The summed E-state index contributed by atoms with van der Waals surface area (Å²) in [6.45, 7) is 5.58. The Morgan fingerprint density at radius 1 is 1.25 bits per heavy atom. The second-order valence-corrected chi connectivity index (χ2v) is 6.24. The van der Waals surface area contributed by atoms with Gasteiger partial charge in [-0.15, -0.1) is 0 Å². The first-order valence-corrected chi connectivity index (χ1v) is 7.96. The highest BCUT2D eigenvalue weighted by molar-refractivity contribution is 5.93. The Balaban J connectivity index is 1.92. The lowest BCUT2D eigenvalue weighted by atomic mass is 10.2. The minimum absolute atomic E-state index is 0.406. The van der Waals surface area contributed by atoms with Crippen LogP contribution in [0.3, 0.4) is 0 Å². The number of carbonyl (C=O) groups is 1. The van der Waals surface area contributed by atoms with E-state index in [0.717, 1.165) is 28.7 Å². The van der Waals surface area contributed by atoms with Crippen LogP contribution in [0.2, 0.25) is 0 Å². The van der Waals surface area contributed by atoms with E-state index in [1.165, 1.54) is 0 Å². The normalized spacial score (nSPS) is 11.1. The summed E-state index contributed by atoms with van der Waals surface area (Å²) in [6.07, 6.45) is 5.23. The maximum atomic E-state index is 11.9. The van der Waals surface area contributed by atoms with Gasteiger partial charge in [-0.25, -0.2) is 4.79 Å². The van der Waals surface area contributed by atoms with Gasteiger partial charge in [0.25, 0.3) is 0 Å². The highest BCUT2D eigenvalue weighted by Crippen LogP contribution is 2.24. The molecule has 0 radical (unpaired) electrons. The number of carbonyl (C=O) groups excluding carboxylic acids is 1. The summed E-state index contributed by atoms with van der Waals surface area (Å²) in [6, 6.07) is 9.10. The first kappa shape index (κ1) is 16.0. The number of amides is 2. The van der Waals surface area contributed by atoms with Crippen molar-refractivity contribution in [1.29, 1.82) is 0 Å². The third kappa shape index (κ3) is 3.37. The molecule has 0 atom stereocenters. The predicted molar refractivity (Wildman–Crippen MR) is 94.6 cm³/mol. The molecule has 0 unspecified atom stereocenters. The smallest absolute Gasteiger partial charge is 0.319 e. The van der Waals surface area contributed by atoms with E-state index in [9.17, 15) is 4.79 Å². The fourth-order valence-electron chi connectivity index (χ4n) is 2.70. The second-order valence-electron chi connectivity index (χ2n) is 6.24. The molecular formula is C18H21N5O. The Bertz CT molecular complexity index is 841. The average Bonchev–Trinajstić information content (AvgIpc) is 2.95. The van der Waals surface area contributed by atoms with E-state index < -0.39 is 6.03 Å². The van der Waals surface area contributed by atoms with Gasteiger partial charge < -0.3 is 5.73 Å². The van der Waals surface area contributed by atoms with Gasteiger partial charge in [-0.1, -0.05) is 13.8 Å². The maximum absolute atomic E-state index is 11.9. The number of aromatic nitrogens is 3. The minimum atomic E-state index is -0.485. The first-order valence-electron chi connectivity index (χ1n) is 7.96. The fourth-order valence-corrected chi connectivity index (χ4v) is 2.70. The Morgan fingerprint density at radius 3 is 2.67 bits per heavy atom. The third-order valence-electron chi connectivity index (χ3n) is 3.83. The van der Waals surface area contributed by atoms with E-state index in [-0.39, 0.29) is 0 Å². The Labute approximate surface area is 140 Å². The molecule has 2 N–H and O–H groups in total. The number of hydrogen-bond donors (Lipinski definition) is 1. The van der Waals surface area contributed by atoms with Crippen molar-refractivity contribution in [1.82, 2.24) is 14.8 Å². The van der Waals surface area contributed by atoms with Crippen molar-refractivity contribution in [2.75, 3.05) is 4.90 Å². The van der Waals surface area contributed by atoms with Gasteiger partial charge in [0.05, 0.1) is 18.3 Å². The van der Waals surface area contributed by atoms with Crippen LogP contribution in [-0.4, -0.2) is 20.8 Å². The van der Waals surface area contributed by atoms with Gasteiger partial charge in [-0.2, -0.15) is 5.10 Å². The largest absolute Gasteiger partial charge is 0.351 e. The Kier molecular flexibility index (Phi) is 4.46. The lowest BCUT2D eigenvalue weighted by molar-refractivity contribution is 0.253. The van der Waals surface area contributed by atoms with Crippen molar-refractivity contribution < 1.29 is 4.79 Å². The third-order valence-corrected chi connectivity index (χ3v) is 3.83. The van der Waals surface area contributed by atoms with Gasteiger partial charge in [-0.3, -0.25) is 14.6 Å². The molecule has 0 aliphatic carbocycles. The average molecular weight is 323 g/mol. The van der Waals surface area contributed by atoms with Crippen molar-refractivity contribution >= 4 is 22.6 Å². The molecule has 2 aromatic heterocycles. The number of urea groups is 1. The molecule has 6 heteroatoms. The summed E-state index contributed by atoms with van der Waals surface area (Å²) in [4.78, 5) is 17.4. The van der Waals surface area contributed by atoms with Crippen molar-refractivity contribution in [3.05, 3.63) is 54.5 Å². The van der Waals surface area contributed by atoms with Crippen LogP contribution in [0.5, 0.6) is 0 Å². The van der Waals surface area contributed by atoms with Gasteiger partial charge >= 0.3 is 6.03 Å². The van der Waals surface area contributed by atoms with Crippen molar-refractivity contribution in [2.45, 2.75) is 26.9 Å². The highest BCUT2D eigenvalue weighted by Gasteiger charge is 2.15. The Morgan fingerprint density at radius 2 is 2.00 bits per heavy atom. The molecule has 2 amide bonds. The second kappa shape index (κ2) is 6.70. The SMILES string of the molecule is CC(C)Cn1ncc2cc(N(Cc3ccncc3)C(N)=O)ccc21. The molecule has 2 heterocycles. The summed E-state index contributed by atoms with van der Waals surface area (Å²) in [5, 5.41) is 5.43. The molecule has 0 spiro atoms. The van der Waals surface area contributed by atoms with Crippen LogP contribution in [0.1, 0.15) is 19.4 Å². The summed E-state index contributed by atoms with van der Waals surface area (Å²) in [7, 11) is 0. The number of pyridine rings is 1. The molecule has 3 aromatic rings.